The predicted octanol–water partition coefficient (Wildman–Crippen LogP) is 3.48. The fourth-order valence-corrected chi connectivity index (χ4v) is 7.77. The first-order valence-electron chi connectivity index (χ1n) is 6.47. The van der Waals surface area contributed by atoms with Gasteiger partial charge in [0.1, 0.15) is 0 Å². The van der Waals surface area contributed by atoms with E-state index in [0.717, 1.165) is 24.3 Å². The Morgan fingerprint density at radius 1 is 1.50 bits per heavy atom. The minimum absolute atomic E-state index is 0.144. The average molecular weight is 376 g/mol. The number of aromatic nitrogens is 1. The van der Waals surface area contributed by atoms with E-state index in [-0.39, 0.29) is 12.1 Å². The van der Waals surface area contributed by atoms with Crippen molar-refractivity contribution in [3.05, 3.63) is 10.4 Å². The Hall–Kier alpha value is -0.101. The van der Waals surface area contributed by atoms with Crippen LogP contribution in [0.2, 0.25) is 14.8 Å². The molecule has 0 aliphatic rings. The van der Waals surface area contributed by atoms with Gasteiger partial charge >= 0.3 is 118 Å². The number of nitrogens with zero attached hydrogens (tertiary/aromatic N) is 1. The van der Waals surface area contributed by atoms with E-state index in [1.165, 1.54) is 10.6 Å². The second-order valence-electron chi connectivity index (χ2n) is 5.56. The van der Waals surface area contributed by atoms with Crippen molar-refractivity contribution in [3.63, 3.8) is 0 Å². The van der Waals surface area contributed by atoms with Gasteiger partial charge in [0, 0.05) is 0 Å². The fraction of sp³-hybridized carbons (Fsp3) is 0.692. The van der Waals surface area contributed by atoms with E-state index in [4.69, 9.17) is 9.72 Å². The monoisotopic (exact) mass is 377 g/mol. The van der Waals surface area contributed by atoms with E-state index in [1.807, 2.05) is 0 Å². The molecule has 0 saturated carbocycles. The van der Waals surface area contributed by atoms with Crippen LogP contribution in [-0.4, -0.2) is 29.3 Å². The molecule has 1 atom stereocenters. The second kappa shape index (κ2) is 6.89. The molecule has 102 valence electrons. The topological polar surface area (TPSA) is 39.2 Å². The first-order chi connectivity index (χ1) is 8.34. The van der Waals surface area contributed by atoms with E-state index >= 15 is 0 Å². The molecule has 0 radical (unpaired) electrons. The van der Waals surface area contributed by atoms with Crippen LogP contribution in [0.15, 0.2) is 5.38 Å². The zero-order chi connectivity index (χ0) is 13.8. The molecule has 0 amide bonds. The van der Waals surface area contributed by atoms with Gasteiger partial charge < -0.3 is 0 Å². The van der Waals surface area contributed by atoms with Crippen LogP contribution < -0.4 is 3.71 Å². The van der Waals surface area contributed by atoms with Crippen molar-refractivity contribution in [3.8, 4) is 0 Å². The quantitative estimate of drug-likeness (QED) is 0.564. The summed E-state index contributed by atoms with van der Waals surface area (Å²) in [6.07, 6.45) is 2.90. The van der Waals surface area contributed by atoms with Gasteiger partial charge in [-0.15, -0.1) is 0 Å². The van der Waals surface area contributed by atoms with Gasteiger partial charge in [0.15, 0.2) is 0 Å². The Labute approximate surface area is 118 Å². The van der Waals surface area contributed by atoms with E-state index < -0.39 is 18.4 Å². The first-order valence-corrected chi connectivity index (χ1v) is 17.3. The van der Waals surface area contributed by atoms with Gasteiger partial charge in [-0.05, 0) is 0 Å². The summed E-state index contributed by atoms with van der Waals surface area (Å²) in [5, 5.41) is 3.13. The van der Waals surface area contributed by atoms with Gasteiger partial charge in [0.2, 0.25) is 0 Å². The number of ether oxygens (including phenoxy) is 1. The van der Waals surface area contributed by atoms with Crippen LogP contribution in [0.25, 0.3) is 0 Å². The van der Waals surface area contributed by atoms with Crippen LogP contribution in [0.4, 0.5) is 0 Å². The Morgan fingerprint density at radius 3 is 2.61 bits per heavy atom. The van der Waals surface area contributed by atoms with Crippen molar-refractivity contribution in [2.45, 2.75) is 54.0 Å². The molecule has 1 aromatic heterocycles. The summed E-state index contributed by atoms with van der Waals surface area (Å²) >= 11 is -0.453. The molecule has 3 nitrogen and oxygen atoms in total. The molecule has 1 aromatic rings. The van der Waals surface area contributed by atoms with E-state index in [2.05, 4.69) is 27.1 Å². The number of thiazole rings is 1. The minimum atomic E-state index is -2.09. The van der Waals surface area contributed by atoms with Gasteiger partial charge in [-0.25, -0.2) is 0 Å². The van der Waals surface area contributed by atoms with Gasteiger partial charge in [0.25, 0.3) is 0 Å². The normalized spacial score (nSPS) is 13.4. The van der Waals surface area contributed by atoms with Crippen molar-refractivity contribution >= 4 is 39.4 Å². The number of carbonyl (C=O) groups is 1. The van der Waals surface area contributed by atoms with Crippen LogP contribution in [0.1, 0.15) is 44.2 Å². The molecule has 18 heavy (non-hydrogen) atoms. The molecule has 1 rings (SSSR count). The Kier molecular flexibility index (Phi) is 6.11. The van der Waals surface area contributed by atoms with E-state index in [9.17, 15) is 4.79 Å². The zero-order valence-electron chi connectivity index (χ0n) is 11.9. The summed E-state index contributed by atoms with van der Waals surface area (Å²) in [6.45, 7) is 3.61. The second-order valence-corrected chi connectivity index (χ2v) is 20.8. The predicted molar refractivity (Wildman–Crippen MR) is 79.1 cm³/mol. The van der Waals surface area contributed by atoms with Gasteiger partial charge in [-0.3, -0.25) is 0 Å². The van der Waals surface area contributed by atoms with Gasteiger partial charge in [-0.1, -0.05) is 0 Å². The third-order valence-corrected chi connectivity index (χ3v) is 9.35. The molecule has 0 aromatic carbocycles. The van der Waals surface area contributed by atoms with Crippen LogP contribution in [0, 0.1) is 0 Å². The number of esters is 1. The Balaban J connectivity index is 2.84. The van der Waals surface area contributed by atoms with Crippen LogP contribution in [0.3, 0.4) is 0 Å². The van der Waals surface area contributed by atoms with Crippen molar-refractivity contribution in [1.82, 2.24) is 4.98 Å². The number of carbonyl (C=O) groups excluding carboxylic acids is 1. The number of hydrogen-bond donors (Lipinski definition) is 0. The molecule has 0 N–H and O–H groups in total. The van der Waals surface area contributed by atoms with Crippen LogP contribution in [0.5, 0.6) is 0 Å². The van der Waals surface area contributed by atoms with E-state index in [0.29, 0.717) is 0 Å². The molecular formula is C13H23NO2SSn. The number of rotatable bonds is 6. The zero-order valence-corrected chi connectivity index (χ0v) is 15.6. The van der Waals surface area contributed by atoms with Gasteiger partial charge in [-0.2, -0.15) is 0 Å². The molecule has 1 unspecified atom stereocenters. The van der Waals surface area contributed by atoms with E-state index in [1.54, 1.807) is 11.3 Å². The molecule has 0 saturated heterocycles. The fourth-order valence-electron chi connectivity index (χ4n) is 1.60. The van der Waals surface area contributed by atoms with Crippen LogP contribution in [-0.2, 0) is 9.53 Å². The summed E-state index contributed by atoms with van der Waals surface area (Å²) in [6, 6.07) is 0. The van der Waals surface area contributed by atoms with Crippen molar-refractivity contribution < 1.29 is 9.53 Å². The SMILES string of the molecule is CCCCC(OC(C)=O)c1n[c]([Sn]([CH3])([CH3])[CH3])cs1. The molecule has 0 bridgehead atoms. The molecule has 1 heterocycles. The summed E-state index contributed by atoms with van der Waals surface area (Å²) in [5.74, 6) is -0.216. The summed E-state index contributed by atoms with van der Waals surface area (Å²) < 4.78 is 6.67. The Bertz CT molecular complexity index is 398. The maximum absolute atomic E-state index is 11.2. The Morgan fingerprint density at radius 2 is 2.17 bits per heavy atom. The summed E-state index contributed by atoms with van der Waals surface area (Å²) in [5.41, 5.74) is 0. The molecule has 5 heteroatoms. The summed E-state index contributed by atoms with van der Waals surface area (Å²) in [7, 11) is 0. The molecule has 0 aliphatic carbocycles. The number of hydrogen-bond acceptors (Lipinski definition) is 4. The average Bonchev–Trinajstić information content (AvgIpc) is 2.72. The van der Waals surface area contributed by atoms with Gasteiger partial charge in [0.05, 0.1) is 0 Å². The molecule has 0 spiro atoms. The molecular weight excluding hydrogens is 353 g/mol. The first kappa shape index (κ1) is 16.0. The van der Waals surface area contributed by atoms with Crippen LogP contribution >= 0.6 is 11.3 Å². The standard InChI is InChI=1S/C10H14NO2S.3CH3.Sn/c1-3-4-5-9(13-8(2)12)10-11-6-7-14-10;;;;/h7,9H,3-5H2,1-2H3;3*1H3;. The summed E-state index contributed by atoms with van der Waals surface area (Å²) in [4.78, 5) is 22.9. The molecule has 0 aliphatic heterocycles. The third kappa shape index (κ3) is 4.88. The van der Waals surface area contributed by atoms with Crippen molar-refractivity contribution in [2.75, 3.05) is 0 Å². The van der Waals surface area contributed by atoms with Crippen molar-refractivity contribution in [2.24, 2.45) is 0 Å². The van der Waals surface area contributed by atoms with Crippen molar-refractivity contribution in [1.29, 1.82) is 0 Å². The third-order valence-electron chi connectivity index (χ3n) is 2.69. The maximum atomic E-state index is 11.2. The molecule has 0 fully saturated rings. The number of unbranched alkanes of at least 4 members (excludes halogenated alkanes) is 1.